The molecule has 0 aliphatic rings. The molecule has 2 N–H and O–H groups in total. The van der Waals surface area contributed by atoms with Gasteiger partial charge in [-0.25, -0.2) is 9.67 Å². The summed E-state index contributed by atoms with van der Waals surface area (Å²) < 4.78 is 44.6. The lowest BCUT2D eigenvalue weighted by Gasteiger charge is -2.08. The SMILES string of the molecule is COc1cc(C(F)(F)F)nn1-c1ccc(Cc2nc(Cl)nc(N)c2[N+](=O)[O-])cc1. The van der Waals surface area contributed by atoms with E-state index in [1.807, 2.05) is 0 Å². The topological polar surface area (TPSA) is 122 Å². The Morgan fingerprint density at radius 2 is 1.93 bits per heavy atom. The Labute approximate surface area is 166 Å². The zero-order valence-electron chi connectivity index (χ0n) is 14.6. The number of nitrogens with two attached hydrogens (primary N) is 1. The highest BCUT2D eigenvalue weighted by molar-refractivity contribution is 6.28. The van der Waals surface area contributed by atoms with E-state index in [2.05, 4.69) is 15.1 Å². The van der Waals surface area contributed by atoms with Gasteiger partial charge < -0.3 is 10.5 Å². The summed E-state index contributed by atoms with van der Waals surface area (Å²) in [4.78, 5) is 17.9. The van der Waals surface area contributed by atoms with Gasteiger partial charge in [-0.3, -0.25) is 10.1 Å². The smallest absolute Gasteiger partial charge is 0.435 e. The molecule has 0 amide bonds. The van der Waals surface area contributed by atoms with Crippen LogP contribution >= 0.6 is 11.6 Å². The van der Waals surface area contributed by atoms with Crippen molar-refractivity contribution in [2.45, 2.75) is 12.6 Å². The van der Waals surface area contributed by atoms with E-state index >= 15 is 0 Å². The third kappa shape index (κ3) is 4.21. The van der Waals surface area contributed by atoms with Gasteiger partial charge in [0.15, 0.2) is 5.69 Å². The summed E-state index contributed by atoms with van der Waals surface area (Å²) in [5.74, 6) is -0.460. The number of alkyl halides is 3. The predicted molar refractivity (Wildman–Crippen MR) is 96.0 cm³/mol. The van der Waals surface area contributed by atoms with Crippen LogP contribution in [0.2, 0.25) is 5.28 Å². The van der Waals surface area contributed by atoms with Gasteiger partial charge in [-0.05, 0) is 29.3 Å². The summed E-state index contributed by atoms with van der Waals surface area (Å²) in [6.45, 7) is 0. The van der Waals surface area contributed by atoms with Crippen LogP contribution in [0.1, 0.15) is 17.0 Å². The summed E-state index contributed by atoms with van der Waals surface area (Å²) in [5.41, 5.74) is 4.89. The summed E-state index contributed by atoms with van der Waals surface area (Å²) >= 11 is 5.73. The fourth-order valence-corrected chi connectivity index (χ4v) is 2.79. The molecule has 3 aromatic rings. The molecular formula is C16H12ClF3N6O3. The second-order valence-electron chi connectivity index (χ2n) is 5.76. The van der Waals surface area contributed by atoms with Crippen molar-refractivity contribution in [1.82, 2.24) is 19.7 Å². The minimum atomic E-state index is -4.62. The van der Waals surface area contributed by atoms with Gasteiger partial charge in [0.2, 0.25) is 17.0 Å². The van der Waals surface area contributed by atoms with Gasteiger partial charge in [-0.2, -0.15) is 23.3 Å². The van der Waals surface area contributed by atoms with Crippen LogP contribution in [0.4, 0.5) is 24.7 Å². The minimum absolute atomic E-state index is 0.00702. The van der Waals surface area contributed by atoms with Crippen molar-refractivity contribution in [3.63, 3.8) is 0 Å². The number of anilines is 1. The third-order valence-electron chi connectivity index (χ3n) is 3.87. The standard InChI is InChI=1S/C16H12ClF3N6O3/c1-29-12-7-11(16(18,19)20)24-25(12)9-4-2-8(3-5-9)6-10-13(26(27)28)14(21)23-15(17)22-10/h2-5,7H,6H2,1H3,(H2,21,22,23). The lowest BCUT2D eigenvalue weighted by atomic mass is 10.1. The molecule has 13 heteroatoms. The number of hydrogen-bond donors (Lipinski definition) is 1. The summed E-state index contributed by atoms with van der Waals surface area (Å²) in [5, 5.41) is 14.5. The normalized spacial score (nSPS) is 11.5. The Hall–Kier alpha value is -3.41. The number of rotatable bonds is 5. The number of hydrogen-bond acceptors (Lipinski definition) is 7. The first-order valence-corrected chi connectivity index (χ1v) is 8.24. The van der Waals surface area contributed by atoms with Crippen LogP contribution in [0.25, 0.3) is 5.69 Å². The predicted octanol–water partition coefficient (Wildman–Crippen LogP) is 3.42. The Balaban J connectivity index is 1.93. The van der Waals surface area contributed by atoms with Crippen molar-refractivity contribution in [3.05, 3.63) is 62.7 Å². The van der Waals surface area contributed by atoms with E-state index < -0.39 is 22.5 Å². The van der Waals surface area contributed by atoms with E-state index in [1.165, 1.54) is 19.2 Å². The molecule has 1 aromatic carbocycles. The molecule has 0 saturated carbocycles. The van der Waals surface area contributed by atoms with E-state index in [0.29, 0.717) is 11.3 Å². The molecule has 29 heavy (non-hydrogen) atoms. The molecule has 2 heterocycles. The molecule has 0 spiro atoms. The van der Waals surface area contributed by atoms with E-state index in [1.54, 1.807) is 12.1 Å². The van der Waals surface area contributed by atoms with Crippen molar-refractivity contribution < 1.29 is 22.8 Å². The van der Waals surface area contributed by atoms with Gasteiger partial charge >= 0.3 is 11.9 Å². The summed E-state index contributed by atoms with van der Waals surface area (Å²) in [6.07, 6.45) is -4.61. The van der Waals surface area contributed by atoms with Crippen LogP contribution in [0.15, 0.2) is 30.3 Å². The van der Waals surface area contributed by atoms with E-state index in [4.69, 9.17) is 22.1 Å². The van der Waals surface area contributed by atoms with Crippen molar-refractivity contribution in [1.29, 1.82) is 0 Å². The molecule has 0 aliphatic carbocycles. The zero-order chi connectivity index (χ0) is 21.3. The molecule has 0 radical (unpaired) electrons. The monoisotopic (exact) mass is 428 g/mol. The number of nitrogen functional groups attached to an aromatic ring is 1. The molecule has 3 rings (SSSR count). The number of aromatic nitrogens is 4. The van der Waals surface area contributed by atoms with Crippen molar-refractivity contribution in [2.75, 3.05) is 12.8 Å². The zero-order valence-corrected chi connectivity index (χ0v) is 15.4. The third-order valence-corrected chi connectivity index (χ3v) is 4.04. The summed E-state index contributed by atoms with van der Waals surface area (Å²) in [6, 6.07) is 6.87. The molecule has 0 bridgehead atoms. The van der Waals surface area contributed by atoms with Gasteiger partial charge in [0.25, 0.3) is 0 Å². The number of benzene rings is 1. The molecule has 152 valence electrons. The van der Waals surface area contributed by atoms with Gasteiger partial charge in [-0.1, -0.05) is 12.1 Å². The largest absolute Gasteiger partial charge is 0.481 e. The molecule has 0 atom stereocenters. The molecule has 2 aromatic heterocycles. The van der Waals surface area contributed by atoms with Gasteiger partial charge in [0.1, 0.15) is 5.69 Å². The average Bonchev–Trinajstić information content (AvgIpc) is 3.06. The Morgan fingerprint density at radius 3 is 2.48 bits per heavy atom. The quantitative estimate of drug-likeness (QED) is 0.375. The van der Waals surface area contributed by atoms with Gasteiger partial charge in [0, 0.05) is 12.5 Å². The first-order chi connectivity index (χ1) is 13.6. The van der Waals surface area contributed by atoms with Crippen molar-refractivity contribution in [2.24, 2.45) is 0 Å². The number of halogens is 4. The van der Waals surface area contributed by atoms with Crippen molar-refractivity contribution in [3.8, 4) is 11.6 Å². The first kappa shape index (κ1) is 20.3. The highest BCUT2D eigenvalue weighted by atomic mass is 35.5. The highest BCUT2D eigenvalue weighted by Crippen LogP contribution is 2.32. The van der Waals surface area contributed by atoms with E-state index in [-0.39, 0.29) is 29.1 Å². The van der Waals surface area contributed by atoms with Crippen LogP contribution in [0.5, 0.6) is 5.88 Å². The number of ether oxygens (including phenoxy) is 1. The fourth-order valence-electron chi connectivity index (χ4n) is 2.59. The number of nitro groups is 1. The van der Waals surface area contributed by atoms with Crippen molar-refractivity contribution >= 4 is 23.1 Å². The lowest BCUT2D eigenvalue weighted by Crippen LogP contribution is -2.08. The molecule has 0 aliphatic heterocycles. The number of nitrogens with zero attached hydrogens (tertiary/aromatic N) is 5. The molecular weight excluding hydrogens is 417 g/mol. The van der Waals surface area contributed by atoms with Crippen LogP contribution in [-0.4, -0.2) is 31.8 Å². The second kappa shape index (κ2) is 7.54. The van der Waals surface area contributed by atoms with E-state index in [9.17, 15) is 23.3 Å². The molecule has 9 nitrogen and oxygen atoms in total. The summed E-state index contributed by atoms with van der Waals surface area (Å²) in [7, 11) is 1.23. The maximum absolute atomic E-state index is 12.9. The van der Waals surface area contributed by atoms with Crippen LogP contribution in [0.3, 0.4) is 0 Å². The Morgan fingerprint density at radius 1 is 1.28 bits per heavy atom. The highest BCUT2D eigenvalue weighted by Gasteiger charge is 2.35. The minimum Gasteiger partial charge on any atom is -0.481 e. The molecule has 0 fully saturated rings. The van der Waals surface area contributed by atoms with Crippen LogP contribution < -0.4 is 10.5 Å². The Bertz CT molecular complexity index is 1070. The maximum Gasteiger partial charge on any atom is 0.435 e. The van der Waals surface area contributed by atoms with Gasteiger partial charge in [-0.15, -0.1) is 0 Å². The molecule has 0 saturated heterocycles. The second-order valence-corrected chi connectivity index (χ2v) is 6.09. The van der Waals surface area contributed by atoms with E-state index in [0.717, 1.165) is 10.7 Å². The fraction of sp³-hybridized carbons (Fsp3) is 0.188. The lowest BCUT2D eigenvalue weighted by molar-refractivity contribution is -0.385. The number of methoxy groups -OCH3 is 1. The average molecular weight is 429 g/mol. The maximum atomic E-state index is 12.9. The van der Waals surface area contributed by atoms with Crippen LogP contribution in [0, 0.1) is 10.1 Å². The Kier molecular flexibility index (Phi) is 5.29. The van der Waals surface area contributed by atoms with Crippen LogP contribution in [-0.2, 0) is 12.6 Å². The molecule has 0 unspecified atom stereocenters. The first-order valence-electron chi connectivity index (χ1n) is 7.87. The van der Waals surface area contributed by atoms with Gasteiger partial charge in [0.05, 0.1) is 17.7 Å².